The van der Waals surface area contributed by atoms with Gasteiger partial charge in [-0.3, -0.25) is 4.68 Å². The van der Waals surface area contributed by atoms with Gasteiger partial charge in [0.1, 0.15) is 0 Å². The largest absolute Gasteiger partial charge is 0.453 e. The Balaban J connectivity index is 2.68. The number of hydrogen-bond donors (Lipinski definition) is 0. The smallest absolute Gasteiger partial charge is 0.269 e. The van der Waals surface area contributed by atoms with Gasteiger partial charge in [0.25, 0.3) is 0 Å². The van der Waals surface area contributed by atoms with Gasteiger partial charge in [0.2, 0.25) is 0 Å². The highest BCUT2D eigenvalue weighted by Crippen LogP contribution is 2.38. The van der Waals surface area contributed by atoms with Gasteiger partial charge in [0.05, 0.1) is 5.69 Å². The van der Waals surface area contributed by atoms with Gasteiger partial charge < -0.3 is 0 Å². The summed E-state index contributed by atoms with van der Waals surface area (Å²) in [6.07, 6.45) is -6.79. The van der Waals surface area contributed by atoms with Crippen LogP contribution in [0, 0.1) is 13.8 Å². The second-order valence-electron chi connectivity index (χ2n) is 3.60. The normalized spacial score (nSPS) is 13.2. The lowest BCUT2D eigenvalue weighted by molar-refractivity contribution is -0.285. The Morgan fingerprint density at radius 2 is 1.75 bits per heavy atom. The lowest BCUT2D eigenvalue weighted by Crippen LogP contribution is -2.37. The molecule has 0 fully saturated rings. The van der Waals surface area contributed by atoms with Crippen LogP contribution < -0.4 is 0 Å². The lowest BCUT2D eigenvalue weighted by Gasteiger charge is -2.19. The van der Waals surface area contributed by atoms with E-state index in [4.69, 9.17) is 0 Å². The predicted molar refractivity (Wildman–Crippen MR) is 47.3 cm³/mol. The van der Waals surface area contributed by atoms with Crippen molar-refractivity contribution in [1.82, 2.24) is 9.78 Å². The molecule has 0 aliphatic heterocycles. The van der Waals surface area contributed by atoms with Crippen molar-refractivity contribution in [1.29, 1.82) is 0 Å². The summed E-state index contributed by atoms with van der Waals surface area (Å²) in [4.78, 5) is 0. The monoisotopic (exact) mass is 242 g/mol. The molecule has 1 aromatic rings. The van der Waals surface area contributed by atoms with Crippen LogP contribution in [0.2, 0.25) is 0 Å². The first-order valence-electron chi connectivity index (χ1n) is 4.59. The summed E-state index contributed by atoms with van der Waals surface area (Å²) in [5.74, 6) is -4.67. The van der Waals surface area contributed by atoms with Gasteiger partial charge >= 0.3 is 12.1 Å². The van der Waals surface area contributed by atoms with E-state index in [0.29, 0.717) is 11.4 Å². The molecule has 0 aliphatic carbocycles. The van der Waals surface area contributed by atoms with Crippen molar-refractivity contribution in [2.24, 2.45) is 0 Å². The molecule has 1 rings (SSSR count). The fourth-order valence-corrected chi connectivity index (χ4v) is 1.29. The number of alkyl halides is 5. The molecule has 0 N–H and O–H groups in total. The highest BCUT2D eigenvalue weighted by molar-refractivity contribution is 5.06. The number of rotatable bonds is 3. The van der Waals surface area contributed by atoms with Crippen molar-refractivity contribution in [3.8, 4) is 0 Å². The first kappa shape index (κ1) is 12.9. The zero-order valence-corrected chi connectivity index (χ0v) is 8.78. The van der Waals surface area contributed by atoms with E-state index < -0.39 is 25.1 Å². The van der Waals surface area contributed by atoms with Crippen molar-refractivity contribution in [3.05, 3.63) is 17.5 Å². The molecule has 16 heavy (non-hydrogen) atoms. The Kier molecular flexibility index (Phi) is 3.25. The van der Waals surface area contributed by atoms with E-state index in [9.17, 15) is 22.0 Å². The lowest BCUT2D eigenvalue weighted by atomic mass is 10.2. The van der Waals surface area contributed by atoms with Crippen LogP contribution in [0.4, 0.5) is 22.0 Å². The van der Waals surface area contributed by atoms with Gasteiger partial charge in [-0.2, -0.15) is 27.1 Å². The zero-order valence-electron chi connectivity index (χ0n) is 8.78. The molecule has 0 radical (unpaired) electrons. The summed E-state index contributed by atoms with van der Waals surface area (Å²) < 4.78 is 61.9. The molecule has 92 valence electrons. The van der Waals surface area contributed by atoms with Crippen LogP contribution in [0.5, 0.6) is 0 Å². The molecule has 0 saturated heterocycles. The summed E-state index contributed by atoms with van der Waals surface area (Å²) in [5, 5.41) is 3.81. The highest BCUT2D eigenvalue weighted by atomic mass is 19.4. The van der Waals surface area contributed by atoms with E-state index in [1.165, 1.54) is 0 Å². The van der Waals surface area contributed by atoms with Crippen LogP contribution in [0.3, 0.4) is 0 Å². The van der Waals surface area contributed by atoms with E-state index in [-0.39, 0.29) is 0 Å². The van der Waals surface area contributed by atoms with Crippen LogP contribution in [-0.2, 0) is 6.54 Å². The maximum atomic E-state index is 12.6. The van der Waals surface area contributed by atoms with E-state index in [1.54, 1.807) is 19.9 Å². The van der Waals surface area contributed by atoms with Crippen LogP contribution >= 0.6 is 0 Å². The molecule has 0 amide bonds. The van der Waals surface area contributed by atoms with Crippen LogP contribution in [0.25, 0.3) is 0 Å². The first-order chi connectivity index (χ1) is 7.13. The summed E-state index contributed by atoms with van der Waals surface area (Å²) >= 11 is 0. The van der Waals surface area contributed by atoms with Crippen molar-refractivity contribution in [2.75, 3.05) is 0 Å². The molecule has 0 spiro atoms. The number of nitrogens with zero attached hydrogens (tertiary/aromatic N) is 2. The zero-order chi connectivity index (χ0) is 12.6. The Bertz CT molecular complexity index is 366. The van der Waals surface area contributed by atoms with E-state index >= 15 is 0 Å². The topological polar surface area (TPSA) is 17.8 Å². The summed E-state index contributed by atoms with van der Waals surface area (Å²) in [6.45, 7) is 2.79. The molecule has 2 nitrogen and oxygen atoms in total. The average molecular weight is 242 g/mol. The molecular weight excluding hydrogens is 231 g/mol. The van der Waals surface area contributed by atoms with E-state index in [2.05, 4.69) is 5.10 Å². The summed E-state index contributed by atoms with van der Waals surface area (Å²) in [5.41, 5.74) is 1.16. The SMILES string of the molecule is Cc1cc(C)n(CCC(F)(F)C(F)(F)F)n1. The van der Waals surface area contributed by atoms with Crippen LogP contribution in [0.1, 0.15) is 17.8 Å². The second-order valence-corrected chi connectivity index (χ2v) is 3.60. The highest BCUT2D eigenvalue weighted by Gasteiger charge is 2.56. The van der Waals surface area contributed by atoms with Gasteiger partial charge in [-0.25, -0.2) is 0 Å². The van der Waals surface area contributed by atoms with E-state index in [1.807, 2.05) is 0 Å². The second kappa shape index (κ2) is 4.03. The predicted octanol–water partition coefficient (Wildman–Crippen LogP) is 3.09. The number of aromatic nitrogens is 2. The third kappa shape index (κ3) is 2.70. The summed E-state index contributed by atoms with van der Waals surface area (Å²) in [7, 11) is 0. The van der Waals surface area contributed by atoms with Gasteiger partial charge in [0, 0.05) is 18.7 Å². The summed E-state index contributed by atoms with van der Waals surface area (Å²) in [6, 6.07) is 1.62. The molecule has 1 aromatic heterocycles. The van der Waals surface area contributed by atoms with Crippen molar-refractivity contribution in [3.63, 3.8) is 0 Å². The molecule has 0 atom stereocenters. The number of aryl methyl sites for hydroxylation is 3. The molecule has 1 heterocycles. The van der Waals surface area contributed by atoms with Gasteiger partial charge in [-0.05, 0) is 19.9 Å². The Morgan fingerprint density at radius 3 is 2.12 bits per heavy atom. The molecular formula is C9H11F5N2. The van der Waals surface area contributed by atoms with Gasteiger partial charge in [-0.15, -0.1) is 0 Å². The first-order valence-corrected chi connectivity index (χ1v) is 4.59. The third-order valence-electron chi connectivity index (χ3n) is 2.16. The Labute approximate surface area is 89.1 Å². The maximum Gasteiger partial charge on any atom is 0.453 e. The Morgan fingerprint density at radius 1 is 1.19 bits per heavy atom. The molecule has 0 unspecified atom stereocenters. The minimum atomic E-state index is -5.50. The fourth-order valence-electron chi connectivity index (χ4n) is 1.29. The van der Waals surface area contributed by atoms with Crippen LogP contribution in [0.15, 0.2) is 6.07 Å². The van der Waals surface area contributed by atoms with Crippen LogP contribution in [-0.4, -0.2) is 21.9 Å². The maximum absolute atomic E-state index is 12.6. The molecule has 0 aliphatic rings. The number of halogens is 5. The quantitative estimate of drug-likeness (QED) is 0.745. The molecule has 7 heteroatoms. The van der Waals surface area contributed by atoms with E-state index in [0.717, 1.165) is 4.68 Å². The van der Waals surface area contributed by atoms with Crippen molar-refractivity contribution >= 4 is 0 Å². The molecule has 0 bridgehead atoms. The standard InChI is InChI=1S/C9H11F5N2/c1-6-5-7(2)16(15-6)4-3-8(10,11)9(12,13)14/h5H,3-4H2,1-2H3. The Hall–Kier alpha value is -1.14. The van der Waals surface area contributed by atoms with Gasteiger partial charge in [-0.1, -0.05) is 0 Å². The molecule has 0 aromatic carbocycles. The molecule has 0 saturated carbocycles. The third-order valence-corrected chi connectivity index (χ3v) is 2.16. The minimum absolute atomic E-state index is 0.452. The number of hydrogen-bond acceptors (Lipinski definition) is 1. The van der Waals surface area contributed by atoms with Gasteiger partial charge in [0.15, 0.2) is 0 Å². The average Bonchev–Trinajstić information content (AvgIpc) is 2.39. The van der Waals surface area contributed by atoms with Crippen molar-refractivity contribution < 1.29 is 22.0 Å². The van der Waals surface area contributed by atoms with Crippen molar-refractivity contribution in [2.45, 2.75) is 38.9 Å². The minimum Gasteiger partial charge on any atom is -0.269 e. The fraction of sp³-hybridized carbons (Fsp3) is 0.667.